The molecule has 0 saturated heterocycles. The minimum absolute atomic E-state index is 0.297. The van der Waals surface area contributed by atoms with E-state index in [-0.39, 0.29) is 11.8 Å². The number of para-hydroxylation sites is 1. The van der Waals surface area contributed by atoms with E-state index in [9.17, 15) is 17.6 Å². The SMILES string of the molecule is CC(NC(=O)NCCc1ccc(F)cc1)c1ccccc1NS(C)(=O)=O. The van der Waals surface area contributed by atoms with Crippen molar-refractivity contribution in [1.82, 2.24) is 10.6 Å². The Morgan fingerprint density at radius 1 is 1.12 bits per heavy atom. The van der Waals surface area contributed by atoms with E-state index >= 15 is 0 Å². The van der Waals surface area contributed by atoms with Crippen LogP contribution in [-0.4, -0.2) is 27.2 Å². The Balaban J connectivity index is 1.89. The van der Waals surface area contributed by atoms with Gasteiger partial charge >= 0.3 is 6.03 Å². The van der Waals surface area contributed by atoms with Crippen LogP contribution in [0.4, 0.5) is 14.9 Å². The van der Waals surface area contributed by atoms with E-state index in [4.69, 9.17) is 0 Å². The van der Waals surface area contributed by atoms with E-state index in [2.05, 4.69) is 15.4 Å². The molecule has 3 N–H and O–H groups in total. The van der Waals surface area contributed by atoms with Crippen LogP contribution in [0.1, 0.15) is 24.1 Å². The molecule has 0 saturated carbocycles. The third-order valence-electron chi connectivity index (χ3n) is 3.68. The number of urea groups is 1. The van der Waals surface area contributed by atoms with Gasteiger partial charge in [-0.2, -0.15) is 0 Å². The van der Waals surface area contributed by atoms with Gasteiger partial charge in [-0.3, -0.25) is 4.72 Å². The lowest BCUT2D eigenvalue weighted by Gasteiger charge is -2.18. The molecule has 0 aliphatic heterocycles. The summed E-state index contributed by atoms with van der Waals surface area (Å²) in [4.78, 5) is 12.0. The first-order valence-corrected chi connectivity index (χ1v) is 9.99. The summed E-state index contributed by atoms with van der Waals surface area (Å²) < 4.78 is 38.2. The third kappa shape index (κ3) is 6.36. The minimum Gasteiger partial charge on any atom is -0.338 e. The number of hydrogen-bond donors (Lipinski definition) is 3. The Kier molecular flexibility index (Phi) is 6.57. The van der Waals surface area contributed by atoms with Crippen LogP contribution in [0.25, 0.3) is 0 Å². The molecule has 1 atom stereocenters. The molecule has 26 heavy (non-hydrogen) atoms. The van der Waals surface area contributed by atoms with Crippen molar-refractivity contribution < 1.29 is 17.6 Å². The number of amides is 2. The van der Waals surface area contributed by atoms with Gasteiger partial charge in [0.25, 0.3) is 0 Å². The number of carbonyl (C=O) groups excluding carboxylic acids is 1. The molecule has 0 spiro atoms. The monoisotopic (exact) mass is 379 g/mol. The molecule has 2 amide bonds. The summed E-state index contributed by atoms with van der Waals surface area (Å²) >= 11 is 0. The van der Waals surface area contributed by atoms with Gasteiger partial charge in [0.1, 0.15) is 5.82 Å². The van der Waals surface area contributed by atoms with Crippen molar-refractivity contribution in [2.24, 2.45) is 0 Å². The molecule has 0 aliphatic rings. The fraction of sp³-hybridized carbons (Fsp3) is 0.278. The molecule has 2 rings (SSSR count). The van der Waals surface area contributed by atoms with Gasteiger partial charge in [-0.1, -0.05) is 30.3 Å². The zero-order chi connectivity index (χ0) is 19.2. The molecule has 0 aliphatic carbocycles. The molecule has 0 radical (unpaired) electrons. The van der Waals surface area contributed by atoms with Gasteiger partial charge in [-0.25, -0.2) is 17.6 Å². The first-order chi connectivity index (χ1) is 12.2. The number of nitrogens with one attached hydrogen (secondary N) is 3. The lowest BCUT2D eigenvalue weighted by molar-refractivity contribution is 0.238. The van der Waals surface area contributed by atoms with Gasteiger partial charge < -0.3 is 10.6 Å². The Morgan fingerprint density at radius 3 is 2.42 bits per heavy atom. The zero-order valence-electron chi connectivity index (χ0n) is 14.6. The highest BCUT2D eigenvalue weighted by atomic mass is 32.2. The average Bonchev–Trinajstić information content (AvgIpc) is 2.55. The standard InChI is InChI=1S/C18H22FN3O3S/c1-13(16-5-3-4-6-17(16)22-26(2,24)25)21-18(23)20-12-11-14-7-9-15(19)10-8-14/h3-10,13,22H,11-12H2,1-2H3,(H2,20,21,23). The highest BCUT2D eigenvalue weighted by molar-refractivity contribution is 7.92. The molecule has 0 bridgehead atoms. The van der Waals surface area contributed by atoms with Gasteiger partial charge in [-0.05, 0) is 42.7 Å². The molecule has 2 aromatic carbocycles. The van der Waals surface area contributed by atoms with Crippen LogP contribution in [0.3, 0.4) is 0 Å². The van der Waals surface area contributed by atoms with Crippen molar-refractivity contribution in [2.45, 2.75) is 19.4 Å². The summed E-state index contributed by atoms with van der Waals surface area (Å²) in [5.41, 5.74) is 2.00. The molecule has 140 valence electrons. The van der Waals surface area contributed by atoms with E-state index in [0.717, 1.165) is 11.8 Å². The van der Waals surface area contributed by atoms with E-state index in [1.165, 1.54) is 12.1 Å². The molecule has 0 aromatic heterocycles. The highest BCUT2D eigenvalue weighted by Crippen LogP contribution is 2.23. The Morgan fingerprint density at radius 2 is 1.77 bits per heavy atom. The predicted octanol–water partition coefficient (Wildman–Crippen LogP) is 2.80. The van der Waals surface area contributed by atoms with Gasteiger partial charge in [0.05, 0.1) is 18.0 Å². The second kappa shape index (κ2) is 8.66. The van der Waals surface area contributed by atoms with Crippen molar-refractivity contribution >= 4 is 21.7 Å². The largest absolute Gasteiger partial charge is 0.338 e. The normalized spacial score (nSPS) is 12.3. The van der Waals surface area contributed by atoms with Crippen LogP contribution in [0.5, 0.6) is 0 Å². The Bertz CT molecular complexity index is 854. The number of rotatable bonds is 7. The second-order valence-corrected chi connectivity index (χ2v) is 7.71. The molecule has 0 fully saturated rings. The summed E-state index contributed by atoms with van der Waals surface area (Å²) in [5, 5.41) is 5.50. The number of halogens is 1. The predicted molar refractivity (Wildman–Crippen MR) is 100.0 cm³/mol. The highest BCUT2D eigenvalue weighted by Gasteiger charge is 2.14. The molecule has 2 aromatic rings. The average molecular weight is 379 g/mol. The quantitative estimate of drug-likeness (QED) is 0.691. The summed E-state index contributed by atoms with van der Waals surface area (Å²) in [6, 6.07) is 12.2. The number of anilines is 1. The molecular formula is C18H22FN3O3S. The molecular weight excluding hydrogens is 357 g/mol. The van der Waals surface area contributed by atoms with Gasteiger partial charge in [-0.15, -0.1) is 0 Å². The first kappa shape index (κ1) is 19.7. The van der Waals surface area contributed by atoms with Crippen molar-refractivity contribution in [3.05, 3.63) is 65.5 Å². The Labute approximate surface area is 152 Å². The van der Waals surface area contributed by atoms with Gasteiger partial charge in [0.2, 0.25) is 10.0 Å². The maximum absolute atomic E-state index is 12.9. The summed E-state index contributed by atoms with van der Waals surface area (Å²) in [5.74, 6) is -0.297. The lowest BCUT2D eigenvalue weighted by atomic mass is 10.1. The topological polar surface area (TPSA) is 87.3 Å². The zero-order valence-corrected chi connectivity index (χ0v) is 15.4. The maximum Gasteiger partial charge on any atom is 0.315 e. The first-order valence-electron chi connectivity index (χ1n) is 8.10. The van der Waals surface area contributed by atoms with Crippen LogP contribution in [0.2, 0.25) is 0 Å². The van der Waals surface area contributed by atoms with Crippen LogP contribution in [-0.2, 0) is 16.4 Å². The van der Waals surface area contributed by atoms with Crippen LogP contribution in [0.15, 0.2) is 48.5 Å². The van der Waals surface area contributed by atoms with E-state index in [1.54, 1.807) is 43.3 Å². The summed E-state index contributed by atoms with van der Waals surface area (Å²) in [7, 11) is -3.41. The Hall–Kier alpha value is -2.61. The van der Waals surface area contributed by atoms with E-state index in [0.29, 0.717) is 24.2 Å². The molecule has 6 nitrogen and oxygen atoms in total. The molecule has 1 unspecified atom stereocenters. The van der Waals surface area contributed by atoms with Gasteiger partial charge in [0, 0.05) is 6.54 Å². The van der Waals surface area contributed by atoms with Crippen LogP contribution >= 0.6 is 0 Å². The number of carbonyl (C=O) groups is 1. The van der Waals surface area contributed by atoms with E-state index < -0.39 is 16.1 Å². The summed E-state index contributed by atoms with van der Waals surface area (Å²) in [6.45, 7) is 2.16. The fourth-order valence-corrected chi connectivity index (χ4v) is 3.05. The van der Waals surface area contributed by atoms with Crippen LogP contribution in [0, 0.1) is 5.82 Å². The smallest absolute Gasteiger partial charge is 0.315 e. The number of hydrogen-bond acceptors (Lipinski definition) is 3. The third-order valence-corrected chi connectivity index (χ3v) is 4.27. The molecule has 0 heterocycles. The van der Waals surface area contributed by atoms with Crippen molar-refractivity contribution in [1.29, 1.82) is 0 Å². The number of sulfonamides is 1. The second-order valence-electron chi connectivity index (χ2n) is 5.96. The fourth-order valence-electron chi connectivity index (χ4n) is 2.46. The van der Waals surface area contributed by atoms with Gasteiger partial charge in [0.15, 0.2) is 0 Å². The maximum atomic E-state index is 12.9. The van der Waals surface area contributed by atoms with E-state index in [1.807, 2.05) is 0 Å². The summed E-state index contributed by atoms with van der Waals surface area (Å²) in [6.07, 6.45) is 1.65. The van der Waals surface area contributed by atoms with Crippen molar-refractivity contribution in [3.8, 4) is 0 Å². The molecule has 8 heteroatoms. The van der Waals surface area contributed by atoms with Crippen LogP contribution < -0.4 is 15.4 Å². The van der Waals surface area contributed by atoms with Crippen molar-refractivity contribution in [2.75, 3.05) is 17.5 Å². The minimum atomic E-state index is -3.41. The lowest BCUT2D eigenvalue weighted by Crippen LogP contribution is -2.38. The van der Waals surface area contributed by atoms with Crippen molar-refractivity contribution in [3.63, 3.8) is 0 Å². The number of benzene rings is 2.